The van der Waals surface area contributed by atoms with Crippen LogP contribution >= 0.6 is 23.3 Å². The van der Waals surface area contributed by atoms with Crippen LogP contribution in [0, 0.1) is 0 Å². The van der Waals surface area contributed by atoms with Crippen molar-refractivity contribution in [3.8, 4) is 0 Å². The molecule has 1 saturated heterocycles. The minimum Gasteiger partial charge on any atom is -0.311 e. The second-order valence-electron chi connectivity index (χ2n) is 3.74. The van der Waals surface area contributed by atoms with Crippen molar-refractivity contribution >= 4 is 46.0 Å². The third-order valence-electron chi connectivity index (χ3n) is 2.63. The van der Waals surface area contributed by atoms with E-state index in [1.54, 1.807) is 4.90 Å². The number of hydrogen-bond donors (Lipinski definition) is 0. The molecule has 16 heavy (non-hydrogen) atoms. The predicted molar refractivity (Wildman–Crippen MR) is 64.0 cm³/mol. The zero-order valence-electron chi connectivity index (χ0n) is 8.26. The zero-order chi connectivity index (χ0) is 11.1. The van der Waals surface area contributed by atoms with E-state index in [1.807, 2.05) is 18.2 Å². The molecule has 2 heterocycles. The van der Waals surface area contributed by atoms with Gasteiger partial charge in [-0.2, -0.15) is 8.75 Å². The van der Waals surface area contributed by atoms with Gasteiger partial charge in [0.2, 0.25) is 5.91 Å². The fourth-order valence-electron chi connectivity index (χ4n) is 1.85. The lowest BCUT2D eigenvalue weighted by atomic mass is 10.2. The van der Waals surface area contributed by atoms with Crippen molar-refractivity contribution in [3.63, 3.8) is 0 Å². The number of fused-ring (bicyclic) bond motifs is 1. The van der Waals surface area contributed by atoms with Crippen molar-refractivity contribution in [1.29, 1.82) is 0 Å². The number of rotatable bonds is 1. The van der Waals surface area contributed by atoms with Crippen LogP contribution < -0.4 is 4.90 Å². The van der Waals surface area contributed by atoms with Crippen LogP contribution in [0.4, 0.5) is 5.69 Å². The van der Waals surface area contributed by atoms with Crippen LogP contribution in [0.2, 0.25) is 0 Å². The van der Waals surface area contributed by atoms with E-state index in [2.05, 4.69) is 8.75 Å². The van der Waals surface area contributed by atoms with Gasteiger partial charge in [-0.25, -0.2) is 0 Å². The summed E-state index contributed by atoms with van der Waals surface area (Å²) in [5.41, 5.74) is 2.55. The number of benzene rings is 1. The average molecular weight is 254 g/mol. The molecule has 4 nitrogen and oxygen atoms in total. The Labute approximate surface area is 101 Å². The van der Waals surface area contributed by atoms with Gasteiger partial charge in [-0.1, -0.05) is 0 Å². The van der Waals surface area contributed by atoms with E-state index < -0.39 is 0 Å². The lowest BCUT2D eigenvalue weighted by Gasteiger charge is -2.15. The third-order valence-corrected chi connectivity index (χ3v) is 3.48. The number of nitrogens with zero attached hydrogens (tertiary/aromatic N) is 3. The summed E-state index contributed by atoms with van der Waals surface area (Å²) < 4.78 is 8.28. The van der Waals surface area contributed by atoms with E-state index in [0.29, 0.717) is 13.0 Å². The van der Waals surface area contributed by atoms with Crippen molar-refractivity contribution in [3.05, 3.63) is 18.2 Å². The van der Waals surface area contributed by atoms with Crippen LogP contribution in [0.3, 0.4) is 0 Å². The van der Waals surface area contributed by atoms with Crippen LogP contribution in [0.5, 0.6) is 0 Å². The Bertz CT molecular complexity index is 556. The quantitative estimate of drug-likeness (QED) is 0.731. The molecule has 1 fully saturated rings. The third kappa shape index (κ3) is 1.56. The topological polar surface area (TPSA) is 46.1 Å². The summed E-state index contributed by atoms with van der Waals surface area (Å²) in [6, 6.07) is 5.64. The van der Waals surface area contributed by atoms with Gasteiger partial charge in [-0.3, -0.25) is 4.79 Å². The Morgan fingerprint density at radius 2 is 2.19 bits per heavy atom. The molecule has 1 aromatic carbocycles. The maximum absolute atomic E-state index is 11.7. The van der Waals surface area contributed by atoms with Gasteiger partial charge in [0.15, 0.2) is 0 Å². The second kappa shape index (κ2) is 3.68. The van der Waals surface area contributed by atoms with Gasteiger partial charge in [0.1, 0.15) is 11.0 Å². The van der Waals surface area contributed by atoms with Gasteiger partial charge in [0.25, 0.3) is 0 Å². The first-order valence-corrected chi connectivity index (χ1v) is 6.07. The van der Waals surface area contributed by atoms with E-state index >= 15 is 0 Å². The molecule has 0 aliphatic carbocycles. The van der Waals surface area contributed by atoms with Gasteiger partial charge < -0.3 is 4.90 Å². The molecular weight excluding hydrogens is 246 g/mol. The Balaban J connectivity index is 2.02. The highest BCUT2D eigenvalue weighted by atomic mass is 35.5. The summed E-state index contributed by atoms with van der Waals surface area (Å²) in [4.78, 5) is 13.4. The SMILES string of the molecule is O=C1CC(Cl)CN1c1ccc2nsnc2c1. The number of alkyl halides is 1. The summed E-state index contributed by atoms with van der Waals surface area (Å²) in [5, 5.41) is -0.0863. The lowest BCUT2D eigenvalue weighted by Crippen LogP contribution is -2.24. The molecule has 1 amide bonds. The number of amides is 1. The molecule has 1 unspecified atom stereocenters. The Morgan fingerprint density at radius 1 is 1.38 bits per heavy atom. The van der Waals surface area contributed by atoms with Crippen molar-refractivity contribution < 1.29 is 4.79 Å². The highest BCUT2D eigenvalue weighted by molar-refractivity contribution is 7.00. The van der Waals surface area contributed by atoms with Crippen LogP contribution in [0.15, 0.2) is 18.2 Å². The molecule has 1 atom stereocenters. The molecule has 0 radical (unpaired) electrons. The molecule has 0 saturated carbocycles. The number of halogens is 1. The summed E-state index contributed by atoms with van der Waals surface area (Å²) in [7, 11) is 0. The van der Waals surface area contributed by atoms with Crippen LogP contribution in [0.25, 0.3) is 11.0 Å². The highest BCUT2D eigenvalue weighted by Gasteiger charge is 2.29. The fraction of sp³-hybridized carbons (Fsp3) is 0.300. The average Bonchev–Trinajstić information content (AvgIpc) is 2.83. The normalized spacial score (nSPS) is 20.9. The molecule has 0 N–H and O–H groups in total. The van der Waals surface area contributed by atoms with Gasteiger partial charge >= 0.3 is 0 Å². The molecule has 82 valence electrons. The molecule has 1 aromatic heterocycles. The lowest BCUT2D eigenvalue weighted by molar-refractivity contribution is -0.117. The first-order chi connectivity index (χ1) is 7.74. The molecule has 6 heteroatoms. The number of aromatic nitrogens is 2. The molecule has 2 aromatic rings. The largest absolute Gasteiger partial charge is 0.311 e. The molecule has 1 aliphatic rings. The fourth-order valence-corrected chi connectivity index (χ4v) is 2.64. The minimum absolute atomic E-state index is 0.0718. The van der Waals surface area contributed by atoms with Gasteiger partial charge in [0.05, 0.1) is 17.1 Å². The van der Waals surface area contributed by atoms with E-state index in [0.717, 1.165) is 16.7 Å². The number of anilines is 1. The van der Waals surface area contributed by atoms with Crippen LogP contribution in [-0.2, 0) is 4.79 Å². The first-order valence-electron chi connectivity index (χ1n) is 4.91. The molecular formula is C10H8ClN3OS. The summed E-state index contributed by atoms with van der Waals surface area (Å²) in [6.45, 7) is 0.573. The zero-order valence-corrected chi connectivity index (χ0v) is 9.83. The number of carbonyl (C=O) groups excluding carboxylic acids is 1. The van der Waals surface area contributed by atoms with Crippen molar-refractivity contribution in [2.24, 2.45) is 0 Å². The van der Waals surface area contributed by atoms with Gasteiger partial charge in [0, 0.05) is 18.7 Å². The molecule has 0 bridgehead atoms. The summed E-state index contributed by atoms with van der Waals surface area (Å²) in [5.74, 6) is 0.0718. The minimum atomic E-state index is -0.0863. The molecule has 0 spiro atoms. The Kier molecular flexibility index (Phi) is 2.29. The van der Waals surface area contributed by atoms with Gasteiger partial charge in [-0.05, 0) is 18.2 Å². The van der Waals surface area contributed by atoms with Crippen LogP contribution in [0.1, 0.15) is 6.42 Å². The van der Waals surface area contributed by atoms with Gasteiger partial charge in [-0.15, -0.1) is 11.6 Å². The smallest absolute Gasteiger partial charge is 0.228 e. The van der Waals surface area contributed by atoms with E-state index in [4.69, 9.17) is 11.6 Å². The highest BCUT2D eigenvalue weighted by Crippen LogP contribution is 2.26. The maximum atomic E-state index is 11.7. The van der Waals surface area contributed by atoms with Crippen LogP contribution in [-0.4, -0.2) is 26.6 Å². The van der Waals surface area contributed by atoms with E-state index in [-0.39, 0.29) is 11.3 Å². The Morgan fingerprint density at radius 3 is 2.94 bits per heavy atom. The van der Waals surface area contributed by atoms with Crippen molar-refractivity contribution in [1.82, 2.24) is 8.75 Å². The predicted octanol–water partition coefficient (Wildman–Crippen LogP) is 2.04. The molecule has 1 aliphatic heterocycles. The van der Waals surface area contributed by atoms with E-state index in [1.165, 1.54) is 11.7 Å². The Hall–Kier alpha value is -1.20. The number of hydrogen-bond acceptors (Lipinski definition) is 4. The first kappa shape index (κ1) is 9.99. The molecule has 3 rings (SSSR count). The van der Waals surface area contributed by atoms with Crippen molar-refractivity contribution in [2.75, 3.05) is 11.4 Å². The van der Waals surface area contributed by atoms with E-state index in [9.17, 15) is 4.79 Å². The summed E-state index contributed by atoms with van der Waals surface area (Å²) >= 11 is 7.14. The standard InChI is InChI=1S/C10H8ClN3OS/c11-6-3-10(15)14(5-6)7-1-2-8-9(4-7)13-16-12-8/h1-2,4,6H,3,5H2. The number of carbonyl (C=O) groups is 1. The van der Waals surface area contributed by atoms with Crippen molar-refractivity contribution in [2.45, 2.75) is 11.8 Å². The second-order valence-corrected chi connectivity index (χ2v) is 4.89. The summed E-state index contributed by atoms with van der Waals surface area (Å²) in [6.07, 6.45) is 0.412. The monoisotopic (exact) mass is 253 g/mol. The maximum Gasteiger partial charge on any atom is 0.228 e.